The fourth-order valence-electron chi connectivity index (χ4n) is 14.3. The molecule has 6 aliphatic rings. The number of ketones is 2. The molecule has 7 nitrogen and oxygen atoms in total. The maximum atomic E-state index is 14.3. The zero-order valence-electron chi connectivity index (χ0n) is 32.8. The highest BCUT2D eigenvalue weighted by atomic mass is 16.6. The molecule has 53 heavy (non-hydrogen) atoms. The first-order chi connectivity index (χ1) is 24.9. The topological polar surface area (TPSA) is 133 Å². The second-order valence-electron chi connectivity index (χ2n) is 19.8. The molecule has 286 valence electrons. The first-order valence-electron chi connectivity index (χ1n) is 20.4. The minimum Gasteiger partial charge on any atom is -0.508 e. The summed E-state index contributed by atoms with van der Waals surface area (Å²) >= 11 is 0. The van der Waals surface area contributed by atoms with Gasteiger partial charge in [-0.15, -0.1) is 0 Å². The number of Topliss-reactive ketones (excluding diaryl/α,β-unsaturated/α-hetero) is 2. The molecule has 5 aliphatic carbocycles. The molecule has 1 heterocycles. The molecule has 5 N–H and O–H groups in total. The molecule has 13 atom stereocenters. The number of benzene rings is 2. The smallest absolute Gasteiger partial charge is 0.159 e. The molecule has 2 aromatic rings. The number of fused-ring (bicyclic) bond motifs is 5. The van der Waals surface area contributed by atoms with Gasteiger partial charge in [-0.05, 0) is 127 Å². The van der Waals surface area contributed by atoms with E-state index >= 15 is 0 Å². The summed E-state index contributed by atoms with van der Waals surface area (Å²) in [5.74, 6) is 0.621. The maximum absolute atomic E-state index is 14.3. The number of hydrogen-bond donors (Lipinski definition) is 4. The van der Waals surface area contributed by atoms with Crippen LogP contribution in [0.5, 0.6) is 5.75 Å². The Balaban J connectivity index is 1.05. The van der Waals surface area contributed by atoms with Gasteiger partial charge in [-0.3, -0.25) is 9.59 Å². The van der Waals surface area contributed by atoms with Gasteiger partial charge >= 0.3 is 0 Å². The third-order valence-electron chi connectivity index (χ3n) is 16.6. The highest BCUT2D eigenvalue weighted by Crippen LogP contribution is 2.75. The minimum absolute atomic E-state index is 0.116. The normalized spacial score (nSPS) is 42.8. The SMILES string of the molecule is C[C@H](C[C@@H](O)[C@@H]1O[C@]1(C)[C@@H]1CCC[C@@H]1c1cccc(N)c1)C1=C2CC[C@H]3[C@@]4(C)C[C@@H](c5cccc(O)c5)C(=O)C(C)(C)[C@@H]4[C@@H](O)C[C@]3(C)[C@@]2(C)CC1=O. The van der Waals surface area contributed by atoms with Crippen LogP contribution in [0.1, 0.15) is 129 Å². The number of phenols is 1. The van der Waals surface area contributed by atoms with Crippen LogP contribution in [0.25, 0.3) is 0 Å². The van der Waals surface area contributed by atoms with Crippen molar-refractivity contribution in [3.63, 3.8) is 0 Å². The van der Waals surface area contributed by atoms with Gasteiger partial charge in [0.2, 0.25) is 0 Å². The Kier molecular flexibility index (Phi) is 8.54. The van der Waals surface area contributed by atoms with E-state index in [4.69, 9.17) is 10.5 Å². The van der Waals surface area contributed by atoms with E-state index in [-0.39, 0.29) is 57.9 Å². The second kappa shape index (κ2) is 12.2. The van der Waals surface area contributed by atoms with Crippen LogP contribution >= 0.6 is 0 Å². The number of ether oxygens (including phenoxy) is 1. The van der Waals surface area contributed by atoms with Crippen LogP contribution in [0.2, 0.25) is 0 Å². The molecule has 1 saturated heterocycles. The molecule has 1 aliphatic heterocycles. The van der Waals surface area contributed by atoms with E-state index in [1.807, 2.05) is 38.1 Å². The lowest BCUT2D eigenvalue weighted by Gasteiger charge is -2.69. The lowest BCUT2D eigenvalue weighted by molar-refractivity contribution is -0.219. The van der Waals surface area contributed by atoms with Gasteiger partial charge in [0.15, 0.2) is 5.78 Å². The van der Waals surface area contributed by atoms with Crippen molar-refractivity contribution < 1.29 is 29.6 Å². The van der Waals surface area contributed by atoms with Crippen molar-refractivity contribution in [1.82, 2.24) is 0 Å². The Labute approximate surface area is 315 Å². The molecule has 4 saturated carbocycles. The monoisotopic (exact) mass is 723 g/mol. The van der Waals surface area contributed by atoms with Crippen molar-refractivity contribution in [2.75, 3.05) is 5.73 Å². The van der Waals surface area contributed by atoms with Gasteiger partial charge in [0, 0.05) is 34.8 Å². The molecule has 0 aromatic heterocycles. The number of hydrogen-bond acceptors (Lipinski definition) is 7. The molecular formula is C46H61NO6. The molecule has 5 fully saturated rings. The lowest BCUT2D eigenvalue weighted by Crippen LogP contribution is -2.67. The van der Waals surface area contributed by atoms with E-state index in [9.17, 15) is 24.9 Å². The summed E-state index contributed by atoms with van der Waals surface area (Å²) in [5.41, 5.74) is 8.82. The molecule has 7 heteroatoms. The number of epoxide rings is 1. The fraction of sp³-hybridized carbons (Fsp3) is 0.652. The molecule has 0 spiro atoms. The van der Waals surface area contributed by atoms with Crippen molar-refractivity contribution in [2.24, 2.45) is 45.3 Å². The Hall–Kier alpha value is -3.00. The van der Waals surface area contributed by atoms with E-state index in [0.29, 0.717) is 37.5 Å². The quantitative estimate of drug-likeness (QED) is 0.167. The number of anilines is 1. The number of rotatable bonds is 7. The summed E-state index contributed by atoms with van der Waals surface area (Å²) in [6.45, 7) is 15.2. The Bertz CT molecular complexity index is 1870. The molecule has 8 rings (SSSR count). The van der Waals surface area contributed by atoms with Gasteiger partial charge in [0.05, 0.1) is 17.8 Å². The standard InChI is InChI=1S/C46H61NO6/c1-25(19-34(49)41-46(7,53-41)32-16-10-15-30(32)26-11-8-13-28(47)20-26)38-33-17-18-37-43(4)22-31(27-12-9-14-29(48)21-27)40(52)42(2,3)39(43)36(51)24-45(37,6)44(33,5)23-35(38)50/h8-9,11-14,20-21,25,30-32,34,36-37,39,41,48-49,51H,10,15-19,22-24,47H2,1-7H3/t25-,30-,31+,32-,34-,36+,37+,39+,41+,43-,44+,45+,46-/m1/s1. The highest BCUT2D eigenvalue weighted by molar-refractivity contribution is 6.00. The lowest BCUT2D eigenvalue weighted by atomic mass is 9.35. The van der Waals surface area contributed by atoms with Crippen LogP contribution in [0.15, 0.2) is 59.7 Å². The van der Waals surface area contributed by atoms with Crippen LogP contribution in [-0.2, 0) is 14.3 Å². The van der Waals surface area contributed by atoms with Gasteiger partial charge in [-0.1, -0.05) is 77.8 Å². The van der Waals surface area contributed by atoms with Gasteiger partial charge in [0.1, 0.15) is 17.6 Å². The van der Waals surface area contributed by atoms with Crippen molar-refractivity contribution in [3.8, 4) is 5.75 Å². The first kappa shape index (κ1) is 36.9. The maximum Gasteiger partial charge on any atom is 0.159 e. The zero-order valence-corrected chi connectivity index (χ0v) is 32.8. The van der Waals surface area contributed by atoms with E-state index in [1.165, 1.54) is 11.1 Å². The molecular weight excluding hydrogens is 663 g/mol. The number of aliphatic hydroxyl groups is 2. The average molecular weight is 724 g/mol. The molecule has 0 radical (unpaired) electrons. The van der Waals surface area contributed by atoms with Gasteiger partial charge < -0.3 is 25.8 Å². The molecule has 0 amide bonds. The van der Waals surface area contributed by atoms with E-state index in [0.717, 1.165) is 48.9 Å². The van der Waals surface area contributed by atoms with Gasteiger partial charge in [-0.25, -0.2) is 0 Å². The molecule has 0 unspecified atom stereocenters. The number of nitrogen functional groups attached to an aromatic ring is 1. The number of carbonyl (C=O) groups is 2. The number of allylic oxidation sites excluding steroid dienone is 2. The number of phenolic OH excluding ortho intramolecular Hbond substituents is 1. The number of nitrogens with two attached hydrogens (primary N) is 1. The van der Waals surface area contributed by atoms with Crippen molar-refractivity contribution in [2.45, 2.75) is 142 Å². The van der Waals surface area contributed by atoms with Crippen LogP contribution < -0.4 is 5.73 Å². The predicted molar refractivity (Wildman–Crippen MR) is 206 cm³/mol. The van der Waals surface area contributed by atoms with Gasteiger partial charge in [-0.2, -0.15) is 0 Å². The van der Waals surface area contributed by atoms with E-state index in [2.05, 4.69) is 46.8 Å². The van der Waals surface area contributed by atoms with Crippen LogP contribution in [-0.4, -0.2) is 50.8 Å². The highest BCUT2D eigenvalue weighted by Gasteiger charge is 2.71. The van der Waals surface area contributed by atoms with Gasteiger partial charge in [0.25, 0.3) is 0 Å². The average Bonchev–Trinajstić information content (AvgIpc) is 3.39. The zero-order chi connectivity index (χ0) is 38.0. The summed E-state index contributed by atoms with van der Waals surface area (Å²) in [7, 11) is 0. The first-order valence-corrected chi connectivity index (χ1v) is 20.4. The third kappa shape index (κ3) is 5.29. The summed E-state index contributed by atoms with van der Waals surface area (Å²) in [5, 5.41) is 34.3. The van der Waals surface area contributed by atoms with Crippen molar-refractivity contribution in [3.05, 3.63) is 70.8 Å². The number of aromatic hydroxyl groups is 1. The summed E-state index contributed by atoms with van der Waals surface area (Å²) in [6, 6.07) is 15.3. The van der Waals surface area contributed by atoms with E-state index in [1.54, 1.807) is 12.1 Å². The summed E-state index contributed by atoms with van der Waals surface area (Å²) < 4.78 is 6.43. The van der Waals surface area contributed by atoms with Crippen LogP contribution in [0.4, 0.5) is 5.69 Å². The Morgan fingerprint density at radius 1 is 0.943 bits per heavy atom. The molecule has 0 bridgehead atoms. The summed E-state index contributed by atoms with van der Waals surface area (Å²) in [6.07, 6.45) is 5.40. The Morgan fingerprint density at radius 2 is 1.66 bits per heavy atom. The van der Waals surface area contributed by atoms with Crippen LogP contribution in [0, 0.1) is 45.3 Å². The Morgan fingerprint density at radius 3 is 2.38 bits per heavy atom. The molecule has 2 aromatic carbocycles. The fourth-order valence-corrected chi connectivity index (χ4v) is 14.3. The minimum atomic E-state index is -0.755. The summed E-state index contributed by atoms with van der Waals surface area (Å²) in [4.78, 5) is 28.5. The number of aliphatic hydroxyl groups excluding tert-OH is 2. The third-order valence-corrected chi connectivity index (χ3v) is 16.6. The predicted octanol–water partition coefficient (Wildman–Crippen LogP) is 8.26. The van der Waals surface area contributed by atoms with Crippen molar-refractivity contribution >= 4 is 17.3 Å². The van der Waals surface area contributed by atoms with E-state index < -0.39 is 28.6 Å². The number of carbonyl (C=O) groups excluding carboxylic acids is 2. The van der Waals surface area contributed by atoms with Crippen LogP contribution in [0.3, 0.4) is 0 Å². The largest absolute Gasteiger partial charge is 0.508 e. The second-order valence-corrected chi connectivity index (χ2v) is 19.8. The van der Waals surface area contributed by atoms with Crippen molar-refractivity contribution in [1.29, 1.82) is 0 Å².